The molecule has 33 heavy (non-hydrogen) atoms. The molecule has 9 nitrogen and oxygen atoms in total. The largest absolute Gasteiger partial charge is 0.494 e. The van der Waals surface area contributed by atoms with E-state index in [1.165, 1.54) is 13.5 Å². The van der Waals surface area contributed by atoms with Crippen LogP contribution in [0.5, 0.6) is 5.88 Å². The van der Waals surface area contributed by atoms with Crippen molar-refractivity contribution in [3.8, 4) is 5.88 Å². The van der Waals surface area contributed by atoms with Crippen LogP contribution in [0, 0.1) is 5.92 Å². The summed E-state index contributed by atoms with van der Waals surface area (Å²) in [6.07, 6.45) is 1.06. The fourth-order valence-electron chi connectivity index (χ4n) is 4.22. The van der Waals surface area contributed by atoms with E-state index in [9.17, 15) is 19.5 Å². The van der Waals surface area contributed by atoms with Crippen molar-refractivity contribution in [1.29, 1.82) is 0 Å². The Morgan fingerprint density at radius 2 is 1.61 bits per heavy atom. The lowest BCUT2D eigenvalue weighted by Crippen LogP contribution is -2.39. The second kappa shape index (κ2) is 8.73. The topological polar surface area (TPSA) is 104 Å². The van der Waals surface area contributed by atoms with Crippen molar-refractivity contribution in [2.24, 2.45) is 5.92 Å². The van der Waals surface area contributed by atoms with E-state index in [0.717, 1.165) is 10.1 Å². The van der Waals surface area contributed by atoms with Gasteiger partial charge in [-0.3, -0.25) is 23.3 Å². The summed E-state index contributed by atoms with van der Waals surface area (Å²) >= 11 is 0. The molecular formula is C24H29N5O4. The van der Waals surface area contributed by atoms with Crippen LogP contribution >= 0.6 is 0 Å². The van der Waals surface area contributed by atoms with E-state index in [4.69, 9.17) is 0 Å². The third kappa shape index (κ3) is 3.67. The first kappa shape index (κ1) is 22.6. The molecule has 3 aromatic heterocycles. The van der Waals surface area contributed by atoms with Crippen molar-refractivity contribution in [2.45, 2.75) is 60.2 Å². The molecule has 174 valence electrons. The minimum absolute atomic E-state index is 0.0957. The van der Waals surface area contributed by atoms with Crippen molar-refractivity contribution in [3.05, 3.63) is 72.7 Å². The number of nitrogens with zero attached hydrogens (tertiary/aromatic N) is 5. The van der Waals surface area contributed by atoms with Crippen LogP contribution in [0.1, 0.15) is 45.2 Å². The molecule has 1 aromatic carbocycles. The Balaban J connectivity index is 2.17. The summed E-state index contributed by atoms with van der Waals surface area (Å²) < 4.78 is 5.35. The third-order valence-electron chi connectivity index (χ3n) is 6.02. The number of aryl methyl sites for hydroxylation is 1. The number of fused-ring (bicyclic) bond motifs is 3. The zero-order valence-corrected chi connectivity index (χ0v) is 19.4. The molecule has 4 aromatic rings. The molecule has 0 amide bonds. The maximum atomic E-state index is 13.5. The predicted molar refractivity (Wildman–Crippen MR) is 127 cm³/mol. The van der Waals surface area contributed by atoms with E-state index in [-0.39, 0.29) is 47.0 Å². The summed E-state index contributed by atoms with van der Waals surface area (Å²) in [5.74, 6) is 0.171. The molecule has 4 rings (SSSR count). The molecule has 0 spiro atoms. The second-order valence-electron chi connectivity index (χ2n) is 8.61. The van der Waals surface area contributed by atoms with Crippen LogP contribution in [0.2, 0.25) is 0 Å². The second-order valence-corrected chi connectivity index (χ2v) is 8.61. The summed E-state index contributed by atoms with van der Waals surface area (Å²) in [6.45, 7) is 8.31. The van der Waals surface area contributed by atoms with Crippen LogP contribution in [-0.4, -0.2) is 28.2 Å². The average Bonchev–Trinajstić information content (AvgIpc) is 3.18. The summed E-state index contributed by atoms with van der Waals surface area (Å²) in [4.78, 5) is 44.2. The van der Waals surface area contributed by atoms with Crippen molar-refractivity contribution in [3.63, 3.8) is 0 Å². The summed E-state index contributed by atoms with van der Waals surface area (Å²) in [6, 6.07) is 9.46. The molecule has 0 aliphatic carbocycles. The van der Waals surface area contributed by atoms with E-state index in [1.54, 1.807) is 13.8 Å². The molecule has 0 saturated carbocycles. The van der Waals surface area contributed by atoms with Gasteiger partial charge in [-0.05, 0) is 38.2 Å². The summed E-state index contributed by atoms with van der Waals surface area (Å²) in [7, 11) is 0. The average molecular weight is 452 g/mol. The highest BCUT2D eigenvalue weighted by atomic mass is 16.3. The van der Waals surface area contributed by atoms with Gasteiger partial charge in [0.05, 0.1) is 12.1 Å². The van der Waals surface area contributed by atoms with Crippen molar-refractivity contribution in [1.82, 2.24) is 23.1 Å². The van der Waals surface area contributed by atoms with Gasteiger partial charge in [0.1, 0.15) is 0 Å². The van der Waals surface area contributed by atoms with E-state index in [0.29, 0.717) is 25.3 Å². The van der Waals surface area contributed by atoms with Gasteiger partial charge in [0, 0.05) is 13.1 Å². The van der Waals surface area contributed by atoms with Crippen LogP contribution in [0.25, 0.3) is 16.9 Å². The smallest absolute Gasteiger partial charge is 0.332 e. The van der Waals surface area contributed by atoms with Gasteiger partial charge in [-0.25, -0.2) is 9.20 Å². The first-order valence-electron chi connectivity index (χ1n) is 11.3. The first-order chi connectivity index (χ1) is 15.8. The van der Waals surface area contributed by atoms with E-state index >= 15 is 0 Å². The Bertz CT molecular complexity index is 1510. The van der Waals surface area contributed by atoms with Crippen LogP contribution in [0.3, 0.4) is 0 Å². The lowest BCUT2D eigenvalue weighted by Gasteiger charge is -2.14. The van der Waals surface area contributed by atoms with Gasteiger partial charge in [-0.2, -0.15) is 4.98 Å². The highest BCUT2D eigenvalue weighted by Gasteiger charge is 2.25. The molecule has 0 fully saturated rings. The SMILES string of the molecule is CCn1c(=O)c2c(nc3n(Cc4ccccc4)c(=O)c(CCC(C)C)c(O)n23)n(CC)c1=O. The molecule has 0 saturated heterocycles. The van der Waals surface area contributed by atoms with Gasteiger partial charge in [-0.1, -0.05) is 44.2 Å². The maximum absolute atomic E-state index is 13.5. The third-order valence-corrected chi connectivity index (χ3v) is 6.02. The maximum Gasteiger partial charge on any atom is 0.332 e. The van der Waals surface area contributed by atoms with Gasteiger partial charge in [0.25, 0.3) is 11.1 Å². The fraction of sp³-hybridized carbons (Fsp3) is 0.417. The van der Waals surface area contributed by atoms with E-state index < -0.39 is 11.2 Å². The van der Waals surface area contributed by atoms with Crippen molar-refractivity contribution >= 4 is 16.9 Å². The summed E-state index contributed by atoms with van der Waals surface area (Å²) in [5.41, 5.74) is 0.0345. The highest BCUT2D eigenvalue weighted by Crippen LogP contribution is 2.23. The van der Waals surface area contributed by atoms with Gasteiger partial charge >= 0.3 is 5.69 Å². The van der Waals surface area contributed by atoms with Gasteiger partial charge in [0.15, 0.2) is 11.2 Å². The number of rotatable bonds is 7. The van der Waals surface area contributed by atoms with Crippen molar-refractivity contribution < 1.29 is 5.11 Å². The fourth-order valence-corrected chi connectivity index (χ4v) is 4.22. The Hall–Kier alpha value is -3.62. The Morgan fingerprint density at radius 1 is 0.939 bits per heavy atom. The lowest BCUT2D eigenvalue weighted by molar-refractivity contribution is 0.429. The number of aromatic hydroxyl groups is 1. The molecule has 3 heterocycles. The zero-order valence-electron chi connectivity index (χ0n) is 19.4. The molecule has 0 bridgehead atoms. The van der Waals surface area contributed by atoms with E-state index in [2.05, 4.69) is 4.98 Å². The molecule has 9 heteroatoms. The van der Waals surface area contributed by atoms with E-state index in [1.807, 2.05) is 44.2 Å². The molecule has 0 aliphatic rings. The molecule has 0 aliphatic heterocycles. The summed E-state index contributed by atoms with van der Waals surface area (Å²) in [5, 5.41) is 11.2. The number of aromatic nitrogens is 5. The van der Waals surface area contributed by atoms with Crippen LogP contribution in [0.15, 0.2) is 44.7 Å². The Labute approximate surface area is 190 Å². The van der Waals surface area contributed by atoms with Gasteiger partial charge < -0.3 is 5.11 Å². The van der Waals surface area contributed by atoms with Gasteiger partial charge in [-0.15, -0.1) is 0 Å². The Kier molecular flexibility index (Phi) is 5.97. The number of benzene rings is 1. The normalized spacial score (nSPS) is 11.8. The monoisotopic (exact) mass is 451 g/mol. The van der Waals surface area contributed by atoms with Crippen LogP contribution < -0.4 is 16.8 Å². The first-order valence-corrected chi connectivity index (χ1v) is 11.3. The molecule has 0 unspecified atom stereocenters. The number of hydrogen-bond acceptors (Lipinski definition) is 5. The quantitative estimate of drug-likeness (QED) is 0.465. The highest BCUT2D eigenvalue weighted by molar-refractivity contribution is 5.76. The minimum Gasteiger partial charge on any atom is -0.494 e. The zero-order chi connectivity index (χ0) is 23.9. The minimum atomic E-state index is -0.537. The lowest BCUT2D eigenvalue weighted by atomic mass is 10.0. The van der Waals surface area contributed by atoms with Gasteiger partial charge in [0.2, 0.25) is 11.7 Å². The number of imidazole rings is 1. The molecule has 0 radical (unpaired) electrons. The molecule has 0 atom stereocenters. The van der Waals surface area contributed by atoms with Crippen LogP contribution in [-0.2, 0) is 26.1 Å². The molecule has 1 N–H and O–H groups in total. The number of hydrogen-bond donors (Lipinski definition) is 1. The van der Waals surface area contributed by atoms with Crippen molar-refractivity contribution in [2.75, 3.05) is 0 Å². The Morgan fingerprint density at radius 3 is 2.21 bits per heavy atom. The molecular weight excluding hydrogens is 422 g/mol. The van der Waals surface area contributed by atoms with Crippen LogP contribution in [0.4, 0.5) is 0 Å². The standard InChI is InChI=1S/C24H29N5O4/c1-5-26-19-18(22(32)27(6-2)24(26)33)29-21(31)17(13-12-15(3)4)20(30)28(23(29)25-19)14-16-10-8-7-9-11-16/h7-11,15,31H,5-6,12-14H2,1-4H3. The predicted octanol–water partition coefficient (Wildman–Crippen LogP) is 2.35.